The lowest BCUT2D eigenvalue weighted by atomic mass is 9.87. The van der Waals surface area contributed by atoms with Crippen molar-refractivity contribution < 1.29 is 4.79 Å². The van der Waals surface area contributed by atoms with Gasteiger partial charge in [-0.2, -0.15) is 5.10 Å². The number of likely N-dealkylation sites (N-methyl/N-ethyl adjacent to an activating group) is 2. The van der Waals surface area contributed by atoms with Gasteiger partial charge >= 0.3 is 0 Å². The summed E-state index contributed by atoms with van der Waals surface area (Å²) in [4.78, 5) is 17.3. The van der Waals surface area contributed by atoms with E-state index in [1.807, 2.05) is 47.1 Å². The molecule has 0 atom stereocenters. The predicted octanol–water partition coefficient (Wildman–Crippen LogP) is 1.56. The Hall–Kier alpha value is -2.34. The van der Waals surface area contributed by atoms with Crippen molar-refractivity contribution in [1.29, 1.82) is 0 Å². The number of hydrogen-bond donors (Lipinski definition) is 1. The molecule has 1 amide bonds. The van der Waals surface area contributed by atoms with Crippen LogP contribution in [0.4, 0.5) is 5.69 Å². The maximum Gasteiger partial charge on any atom is 0.250 e. The van der Waals surface area contributed by atoms with Crippen LogP contribution in [0.1, 0.15) is 12.8 Å². The van der Waals surface area contributed by atoms with Gasteiger partial charge in [-0.3, -0.25) is 9.48 Å². The van der Waals surface area contributed by atoms with Gasteiger partial charge in [-0.05, 0) is 44.1 Å². The summed E-state index contributed by atoms with van der Waals surface area (Å²) in [6.07, 6.45) is 5.20. The van der Waals surface area contributed by atoms with Gasteiger partial charge in [0.2, 0.25) is 5.91 Å². The molecule has 6 heteroatoms. The fraction of sp³-hybridized carbons (Fsp3) is 0.474. The molecule has 0 unspecified atom stereocenters. The van der Waals surface area contributed by atoms with Crippen molar-refractivity contribution in [2.75, 3.05) is 45.2 Å². The van der Waals surface area contributed by atoms with Gasteiger partial charge in [-0.1, -0.05) is 18.2 Å². The zero-order chi connectivity index (χ0) is 17.7. The van der Waals surface area contributed by atoms with Crippen LogP contribution < -0.4 is 10.2 Å². The lowest BCUT2D eigenvalue weighted by molar-refractivity contribution is -0.141. The zero-order valence-corrected chi connectivity index (χ0v) is 15.1. The molecule has 0 radical (unpaired) electrons. The van der Waals surface area contributed by atoms with Gasteiger partial charge in [0.25, 0.3) is 0 Å². The molecule has 2 heterocycles. The topological polar surface area (TPSA) is 53.4 Å². The van der Waals surface area contributed by atoms with Crippen LogP contribution in [0.3, 0.4) is 0 Å². The molecule has 1 aliphatic rings. The van der Waals surface area contributed by atoms with Crippen molar-refractivity contribution in [2.45, 2.75) is 18.4 Å². The minimum Gasteiger partial charge on any atom is -0.373 e. The van der Waals surface area contributed by atoms with Crippen molar-refractivity contribution in [1.82, 2.24) is 20.0 Å². The Morgan fingerprint density at radius 3 is 2.52 bits per heavy atom. The number of amides is 1. The second kappa shape index (κ2) is 7.70. The summed E-state index contributed by atoms with van der Waals surface area (Å²) in [6, 6.07) is 12.1. The van der Waals surface area contributed by atoms with Crippen LogP contribution in [-0.4, -0.2) is 60.9 Å². The van der Waals surface area contributed by atoms with Crippen molar-refractivity contribution >= 4 is 11.6 Å². The smallest absolute Gasteiger partial charge is 0.250 e. The van der Waals surface area contributed by atoms with E-state index in [9.17, 15) is 4.79 Å². The van der Waals surface area contributed by atoms with Crippen molar-refractivity contribution in [3.05, 3.63) is 48.8 Å². The van der Waals surface area contributed by atoms with E-state index < -0.39 is 5.54 Å². The van der Waals surface area contributed by atoms with E-state index in [4.69, 9.17) is 0 Å². The van der Waals surface area contributed by atoms with Crippen LogP contribution in [0.5, 0.6) is 0 Å². The number of para-hydroxylation sites is 1. The molecule has 1 fully saturated rings. The summed E-state index contributed by atoms with van der Waals surface area (Å²) in [7, 11) is 3.95. The van der Waals surface area contributed by atoms with E-state index in [-0.39, 0.29) is 5.91 Å². The highest BCUT2D eigenvalue weighted by Crippen LogP contribution is 2.29. The van der Waals surface area contributed by atoms with Crippen molar-refractivity contribution in [3.63, 3.8) is 0 Å². The molecule has 134 valence electrons. The largest absolute Gasteiger partial charge is 0.373 e. The van der Waals surface area contributed by atoms with Gasteiger partial charge in [0, 0.05) is 45.3 Å². The average Bonchev–Trinajstić information content (AvgIpc) is 3.22. The number of rotatable bonds is 6. The molecule has 0 aliphatic carbocycles. The summed E-state index contributed by atoms with van der Waals surface area (Å²) in [6.45, 7) is 3.15. The Bertz CT molecular complexity index is 664. The molecule has 25 heavy (non-hydrogen) atoms. The molecule has 1 aromatic carbocycles. The van der Waals surface area contributed by atoms with E-state index in [1.54, 1.807) is 6.20 Å². The first-order valence-electron chi connectivity index (χ1n) is 8.86. The highest BCUT2D eigenvalue weighted by atomic mass is 16.2. The van der Waals surface area contributed by atoms with Crippen molar-refractivity contribution in [2.24, 2.45) is 0 Å². The fourth-order valence-corrected chi connectivity index (χ4v) is 3.47. The molecular weight excluding hydrogens is 314 g/mol. The van der Waals surface area contributed by atoms with Gasteiger partial charge in [0.05, 0.1) is 0 Å². The number of nitrogens with zero attached hydrogens (tertiary/aromatic N) is 4. The number of benzene rings is 1. The van der Waals surface area contributed by atoms with Crippen LogP contribution in [0.25, 0.3) is 0 Å². The molecule has 1 N–H and O–H groups in total. The van der Waals surface area contributed by atoms with E-state index in [0.717, 1.165) is 38.2 Å². The molecule has 6 nitrogen and oxygen atoms in total. The van der Waals surface area contributed by atoms with Crippen LogP contribution >= 0.6 is 0 Å². The number of carbonyl (C=O) groups is 1. The molecular formula is C19H27N5O. The number of carbonyl (C=O) groups excluding carboxylic acids is 1. The first kappa shape index (κ1) is 17.5. The lowest BCUT2D eigenvalue weighted by Crippen LogP contribution is -2.55. The summed E-state index contributed by atoms with van der Waals surface area (Å²) in [5.41, 5.74) is 0.599. The molecule has 3 rings (SSSR count). The van der Waals surface area contributed by atoms with Crippen LogP contribution in [0.2, 0.25) is 0 Å². The number of piperidine rings is 1. The summed E-state index contributed by atoms with van der Waals surface area (Å²) in [5, 5.41) is 7.74. The van der Waals surface area contributed by atoms with Gasteiger partial charge in [-0.25, -0.2) is 0 Å². The fourth-order valence-electron chi connectivity index (χ4n) is 3.47. The predicted molar refractivity (Wildman–Crippen MR) is 99.7 cm³/mol. The van der Waals surface area contributed by atoms with E-state index >= 15 is 0 Å². The third kappa shape index (κ3) is 3.69. The molecule has 1 aromatic heterocycles. The third-order valence-corrected chi connectivity index (χ3v) is 5.09. The van der Waals surface area contributed by atoms with Crippen LogP contribution in [0.15, 0.2) is 48.8 Å². The third-order valence-electron chi connectivity index (χ3n) is 5.09. The quantitative estimate of drug-likeness (QED) is 0.866. The summed E-state index contributed by atoms with van der Waals surface area (Å²) >= 11 is 0. The zero-order valence-electron chi connectivity index (χ0n) is 15.1. The van der Waals surface area contributed by atoms with Gasteiger partial charge in [-0.15, -0.1) is 0 Å². The monoisotopic (exact) mass is 341 g/mol. The summed E-state index contributed by atoms with van der Waals surface area (Å²) in [5.74, 6) is 0.152. The second-order valence-electron chi connectivity index (χ2n) is 6.72. The molecule has 1 aliphatic heterocycles. The lowest BCUT2D eigenvalue weighted by Gasteiger charge is -2.39. The van der Waals surface area contributed by atoms with Gasteiger partial charge in [0.1, 0.15) is 5.54 Å². The number of nitrogens with one attached hydrogen (secondary N) is 1. The molecule has 2 aromatic rings. The number of aromatic nitrogens is 2. The normalized spacial score (nSPS) is 16.4. The van der Waals surface area contributed by atoms with Gasteiger partial charge < -0.3 is 15.1 Å². The van der Waals surface area contributed by atoms with Gasteiger partial charge in [0.15, 0.2) is 0 Å². The Balaban J connectivity index is 1.68. The molecule has 0 saturated carbocycles. The minimum atomic E-state index is -0.561. The average molecular weight is 341 g/mol. The Morgan fingerprint density at radius 1 is 1.16 bits per heavy atom. The number of anilines is 1. The molecule has 0 spiro atoms. The first-order valence-corrected chi connectivity index (χ1v) is 8.86. The standard InChI is InChI=1S/C19H27N5O/c1-22(17-7-4-3-5-8-17)15-16-23(2)18(25)19(9-12-20-13-10-19)24-14-6-11-21-24/h3-8,11,14,20H,9-10,12-13,15-16H2,1-2H3. The van der Waals surface area contributed by atoms with E-state index in [1.165, 1.54) is 0 Å². The van der Waals surface area contributed by atoms with E-state index in [0.29, 0.717) is 6.54 Å². The maximum atomic E-state index is 13.3. The first-order chi connectivity index (χ1) is 12.1. The minimum absolute atomic E-state index is 0.152. The number of hydrogen-bond acceptors (Lipinski definition) is 4. The van der Waals surface area contributed by atoms with E-state index in [2.05, 4.69) is 34.5 Å². The highest BCUT2D eigenvalue weighted by Gasteiger charge is 2.43. The second-order valence-corrected chi connectivity index (χ2v) is 6.72. The van der Waals surface area contributed by atoms with Crippen LogP contribution in [0, 0.1) is 0 Å². The SMILES string of the molecule is CN(CCN(C)c1ccccc1)C(=O)C1(n2cccn2)CCNCC1. The van der Waals surface area contributed by atoms with Crippen LogP contribution in [-0.2, 0) is 10.3 Å². The Kier molecular flexibility index (Phi) is 5.38. The molecule has 1 saturated heterocycles. The molecule has 0 bridgehead atoms. The van der Waals surface area contributed by atoms with Crippen molar-refractivity contribution in [3.8, 4) is 0 Å². The summed E-state index contributed by atoms with van der Waals surface area (Å²) < 4.78 is 1.85. The Morgan fingerprint density at radius 2 is 1.88 bits per heavy atom. The highest BCUT2D eigenvalue weighted by molar-refractivity contribution is 5.84. The Labute approximate surface area is 149 Å². The maximum absolute atomic E-state index is 13.3.